The number of rotatable bonds is 3. The summed E-state index contributed by atoms with van der Waals surface area (Å²) in [5, 5.41) is 8.69. The van der Waals surface area contributed by atoms with Crippen LogP contribution in [-0.4, -0.2) is 49.0 Å². The predicted octanol–water partition coefficient (Wildman–Crippen LogP) is 0.0895. The molecule has 1 atom stereocenters. The first kappa shape index (κ1) is 8.97. The van der Waals surface area contributed by atoms with Crippen LogP contribution in [0.2, 0.25) is 0 Å². The van der Waals surface area contributed by atoms with Gasteiger partial charge in [-0.3, -0.25) is 4.90 Å². The second kappa shape index (κ2) is 4.70. The lowest BCUT2D eigenvalue weighted by atomic mass is 10.2. The molecule has 66 valence electrons. The van der Waals surface area contributed by atoms with Gasteiger partial charge in [0.05, 0.1) is 19.3 Å². The van der Waals surface area contributed by atoms with Crippen LogP contribution in [0.3, 0.4) is 0 Å². The highest BCUT2D eigenvalue weighted by molar-refractivity contribution is 4.69. The molecular formula is C8H17NO2. The molecule has 1 aliphatic rings. The van der Waals surface area contributed by atoms with E-state index in [0.717, 1.165) is 32.7 Å². The average molecular weight is 159 g/mol. The zero-order chi connectivity index (χ0) is 8.10. The van der Waals surface area contributed by atoms with Gasteiger partial charge in [0.25, 0.3) is 0 Å². The van der Waals surface area contributed by atoms with Gasteiger partial charge < -0.3 is 9.84 Å². The van der Waals surface area contributed by atoms with Crippen LogP contribution in [0.4, 0.5) is 0 Å². The molecule has 1 N–H and O–H groups in total. The van der Waals surface area contributed by atoms with Gasteiger partial charge in [-0.2, -0.15) is 0 Å². The van der Waals surface area contributed by atoms with Crippen LogP contribution in [-0.2, 0) is 4.74 Å². The minimum atomic E-state index is 0.260. The van der Waals surface area contributed by atoms with E-state index in [2.05, 4.69) is 11.8 Å². The molecule has 3 nitrogen and oxygen atoms in total. The smallest absolute Gasteiger partial charge is 0.0700 e. The third-order valence-electron chi connectivity index (χ3n) is 2.09. The largest absolute Gasteiger partial charge is 0.395 e. The lowest BCUT2D eigenvalue weighted by Crippen LogP contribution is -2.43. The first-order chi connectivity index (χ1) is 5.36. The highest BCUT2D eigenvalue weighted by Crippen LogP contribution is 2.06. The molecule has 11 heavy (non-hydrogen) atoms. The van der Waals surface area contributed by atoms with Gasteiger partial charge >= 0.3 is 0 Å². The van der Waals surface area contributed by atoms with E-state index in [1.165, 1.54) is 0 Å². The van der Waals surface area contributed by atoms with Crippen molar-refractivity contribution in [1.29, 1.82) is 0 Å². The summed E-state index contributed by atoms with van der Waals surface area (Å²) in [6.45, 7) is 5.95. The highest BCUT2D eigenvalue weighted by Gasteiger charge is 2.17. The van der Waals surface area contributed by atoms with Gasteiger partial charge in [-0.1, -0.05) is 6.92 Å². The number of morpholine rings is 1. The van der Waals surface area contributed by atoms with E-state index < -0.39 is 0 Å². The third kappa shape index (κ3) is 2.77. The van der Waals surface area contributed by atoms with E-state index in [1.807, 2.05) is 0 Å². The van der Waals surface area contributed by atoms with Crippen molar-refractivity contribution in [3.8, 4) is 0 Å². The fourth-order valence-electron chi connectivity index (χ4n) is 1.37. The standard InChI is InChI=1S/C8H17NO2/c1-2-8-7-9(3-5-10)4-6-11-8/h8,10H,2-7H2,1H3. The van der Waals surface area contributed by atoms with E-state index in [-0.39, 0.29) is 6.61 Å². The monoisotopic (exact) mass is 159 g/mol. The molecule has 0 aliphatic carbocycles. The number of β-amino-alcohol motifs (C(OH)–C–C–N with tert-alkyl or cyclic N) is 1. The molecule has 0 aromatic rings. The Bertz CT molecular complexity index is 106. The van der Waals surface area contributed by atoms with Crippen LogP contribution in [0.15, 0.2) is 0 Å². The van der Waals surface area contributed by atoms with Crippen LogP contribution >= 0.6 is 0 Å². The SMILES string of the molecule is CCC1CN(CCO)CCO1. The molecule has 1 saturated heterocycles. The molecular weight excluding hydrogens is 142 g/mol. The quantitative estimate of drug-likeness (QED) is 0.633. The van der Waals surface area contributed by atoms with Gasteiger partial charge in [0.2, 0.25) is 0 Å². The Morgan fingerprint density at radius 3 is 3.09 bits per heavy atom. The van der Waals surface area contributed by atoms with Crippen LogP contribution in [0.25, 0.3) is 0 Å². The average Bonchev–Trinajstić information content (AvgIpc) is 2.06. The van der Waals surface area contributed by atoms with E-state index in [0.29, 0.717) is 6.10 Å². The molecule has 0 radical (unpaired) electrons. The molecule has 0 bridgehead atoms. The van der Waals surface area contributed by atoms with Crippen LogP contribution in [0.1, 0.15) is 13.3 Å². The van der Waals surface area contributed by atoms with Crippen molar-refractivity contribution in [1.82, 2.24) is 4.90 Å². The predicted molar refractivity (Wildman–Crippen MR) is 43.6 cm³/mol. The van der Waals surface area contributed by atoms with Gasteiger partial charge in [0, 0.05) is 19.6 Å². The molecule has 1 aliphatic heterocycles. The highest BCUT2D eigenvalue weighted by atomic mass is 16.5. The lowest BCUT2D eigenvalue weighted by molar-refractivity contribution is -0.0333. The van der Waals surface area contributed by atoms with Crippen molar-refractivity contribution in [3.05, 3.63) is 0 Å². The van der Waals surface area contributed by atoms with Crippen molar-refractivity contribution in [2.45, 2.75) is 19.4 Å². The molecule has 1 unspecified atom stereocenters. The van der Waals surface area contributed by atoms with Gasteiger partial charge in [-0.05, 0) is 6.42 Å². The molecule has 0 spiro atoms. The number of aliphatic hydroxyl groups is 1. The van der Waals surface area contributed by atoms with E-state index >= 15 is 0 Å². The number of nitrogens with zero attached hydrogens (tertiary/aromatic N) is 1. The molecule has 3 heteroatoms. The third-order valence-corrected chi connectivity index (χ3v) is 2.09. The number of hydrogen-bond donors (Lipinski definition) is 1. The van der Waals surface area contributed by atoms with Gasteiger partial charge in [0.1, 0.15) is 0 Å². The molecule has 1 fully saturated rings. The van der Waals surface area contributed by atoms with Gasteiger partial charge in [-0.15, -0.1) is 0 Å². The van der Waals surface area contributed by atoms with Gasteiger partial charge in [-0.25, -0.2) is 0 Å². The first-order valence-electron chi connectivity index (χ1n) is 4.31. The summed E-state index contributed by atoms with van der Waals surface area (Å²) in [4.78, 5) is 2.25. The Labute approximate surface area is 68.0 Å². The van der Waals surface area contributed by atoms with E-state index in [9.17, 15) is 0 Å². The summed E-state index contributed by atoms with van der Waals surface area (Å²) in [6.07, 6.45) is 1.46. The van der Waals surface area contributed by atoms with Crippen LogP contribution in [0, 0.1) is 0 Å². The summed E-state index contributed by atoms with van der Waals surface area (Å²) in [5.74, 6) is 0. The van der Waals surface area contributed by atoms with Crippen molar-refractivity contribution >= 4 is 0 Å². The summed E-state index contributed by atoms with van der Waals surface area (Å²) in [6, 6.07) is 0. The molecule has 0 aromatic heterocycles. The second-order valence-electron chi connectivity index (χ2n) is 2.93. The first-order valence-corrected chi connectivity index (χ1v) is 4.31. The van der Waals surface area contributed by atoms with Crippen molar-refractivity contribution in [3.63, 3.8) is 0 Å². The zero-order valence-corrected chi connectivity index (χ0v) is 7.12. The summed E-state index contributed by atoms with van der Waals surface area (Å²) < 4.78 is 5.48. The molecule has 0 amide bonds. The summed E-state index contributed by atoms with van der Waals surface area (Å²) in [7, 11) is 0. The summed E-state index contributed by atoms with van der Waals surface area (Å²) >= 11 is 0. The van der Waals surface area contributed by atoms with Crippen LogP contribution in [0.5, 0.6) is 0 Å². The Morgan fingerprint density at radius 1 is 1.64 bits per heavy atom. The fraction of sp³-hybridized carbons (Fsp3) is 1.00. The maximum absolute atomic E-state index is 8.69. The Hall–Kier alpha value is -0.120. The van der Waals surface area contributed by atoms with Gasteiger partial charge in [0.15, 0.2) is 0 Å². The van der Waals surface area contributed by atoms with Crippen molar-refractivity contribution in [2.24, 2.45) is 0 Å². The molecule has 1 rings (SSSR count). The number of aliphatic hydroxyl groups excluding tert-OH is 1. The zero-order valence-electron chi connectivity index (χ0n) is 7.12. The Morgan fingerprint density at radius 2 is 2.45 bits per heavy atom. The minimum absolute atomic E-state index is 0.260. The minimum Gasteiger partial charge on any atom is -0.395 e. The fourth-order valence-corrected chi connectivity index (χ4v) is 1.37. The van der Waals surface area contributed by atoms with E-state index in [1.54, 1.807) is 0 Å². The summed E-state index contributed by atoms with van der Waals surface area (Å²) in [5.41, 5.74) is 0. The molecule has 0 aromatic carbocycles. The molecule has 0 saturated carbocycles. The maximum atomic E-state index is 8.69. The topological polar surface area (TPSA) is 32.7 Å². The second-order valence-corrected chi connectivity index (χ2v) is 2.93. The normalized spacial score (nSPS) is 27.3. The van der Waals surface area contributed by atoms with Crippen LogP contribution < -0.4 is 0 Å². The molecule has 1 heterocycles. The lowest BCUT2D eigenvalue weighted by Gasteiger charge is -2.31. The number of ether oxygens (including phenoxy) is 1. The Balaban J connectivity index is 2.21. The van der Waals surface area contributed by atoms with Crippen molar-refractivity contribution < 1.29 is 9.84 Å². The number of hydrogen-bond acceptors (Lipinski definition) is 3. The Kier molecular flexibility index (Phi) is 3.83. The van der Waals surface area contributed by atoms with E-state index in [4.69, 9.17) is 9.84 Å². The maximum Gasteiger partial charge on any atom is 0.0700 e. The van der Waals surface area contributed by atoms with Crippen molar-refractivity contribution in [2.75, 3.05) is 32.8 Å².